The molecule has 0 spiro atoms. The highest BCUT2D eigenvalue weighted by Gasteiger charge is 2.48. The molecular formula is C13H8ClF6NO2. The average molecular weight is 360 g/mol. The van der Waals surface area contributed by atoms with Gasteiger partial charge in [0, 0.05) is 12.4 Å². The normalized spacial score (nSPS) is 12.7. The van der Waals surface area contributed by atoms with E-state index in [-0.39, 0.29) is 16.3 Å². The lowest BCUT2D eigenvalue weighted by Crippen LogP contribution is -2.26. The molecule has 0 saturated carbocycles. The molecule has 0 atom stereocenters. The SMILES string of the molecule is COc1cc2c(C(=O)C(F)(F)F)c(C(F)(F)F)n(C)c2cc1Cl. The molecule has 23 heavy (non-hydrogen) atoms. The molecule has 0 bridgehead atoms. The number of nitrogens with zero attached hydrogens (tertiary/aromatic N) is 1. The smallest absolute Gasteiger partial charge is 0.454 e. The minimum atomic E-state index is -5.46. The molecule has 1 heterocycles. The van der Waals surface area contributed by atoms with Crippen molar-refractivity contribution in [1.29, 1.82) is 0 Å². The molecule has 0 N–H and O–H groups in total. The lowest BCUT2D eigenvalue weighted by molar-refractivity contribution is -0.143. The van der Waals surface area contributed by atoms with Crippen molar-refractivity contribution in [3.8, 4) is 5.75 Å². The predicted octanol–water partition coefficient (Wildman–Crippen LogP) is 4.60. The van der Waals surface area contributed by atoms with Crippen molar-refractivity contribution in [2.45, 2.75) is 12.4 Å². The topological polar surface area (TPSA) is 31.2 Å². The highest BCUT2D eigenvalue weighted by molar-refractivity contribution is 6.33. The number of methoxy groups -OCH3 is 1. The Labute approximate surface area is 130 Å². The zero-order chi connectivity index (χ0) is 17.7. The maximum Gasteiger partial charge on any atom is 0.454 e. The van der Waals surface area contributed by atoms with Gasteiger partial charge in [-0.05, 0) is 12.1 Å². The number of hydrogen-bond donors (Lipinski definition) is 0. The third-order valence-corrected chi connectivity index (χ3v) is 3.52. The zero-order valence-electron chi connectivity index (χ0n) is 11.6. The van der Waals surface area contributed by atoms with Crippen molar-refractivity contribution < 1.29 is 35.9 Å². The van der Waals surface area contributed by atoms with E-state index in [0.717, 1.165) is 26.3 Å². The second-order valence-corrected chi connectivity index (χ2v) is 5.02. The van der Waals surface area contributed by atoms with Crippen LogP contribution in [0.25, 0.3) is 10.9 Å². The van der Waals surface area contributed by atoms with E-state index >= 15 is 0 Å². The van der Waals surface area contributed by atoms with Gasteiger partial charge in [-0.15, -0.1) is 0 Å². The fourth-order valence-corrected chi connectivity index (χ4v) is 2.53. The van der Waals surface area contributed by atoms with Crippen molar-refractivity contribution in [1.82, 2.24) is 4.57 Å². The molecule has 1 aromatic carbocycles. The lowest BCUT2D eigenvalue weighted by Gasteiger charge is -2.12. The summed E-state index contributed by atoms with van der Waals surface area (Å²) >= 11 is 5.79. The van der Waals surface area contributed by atoms with Gasteiger partial charge in [-0.25, -0.2) is 0 Å². The van der Waals surface area contributed by atoms with Crippen molar-refractivity contribution in [3.63, 3.8) is 0 Å². The van der Waals surface area contributed by atoms with Crippen molar-refractivity contribution in [3.05, 3.63) is 28.4 Å². The van der Waals surface area contributed by atoms with E-state index in [9.17, 15) is 31.1 Å². The number of aromatic nitrogens is 1. The summed E-state index contributed by atoms with van der Waals surface area (Å²) < 4.78 is 82.9. The van der Waals surface area contributed by atoms with Crippen molar-refractivity contribution in [2.75, 3.05) is 7.11 Å². The Hall–Kier alpha value is -1.90. The molecule has 126 valence electrons. The fraction of sp³-hybridized carbons (Fsp3) is 0.308. The lowest BCUT2D eigenvalue weighted by atomic mass is 10.1. The van der Waals surface area contributed by atoms with Gasteiger partial charge in [0.1, 0.15) is 11.4 Å². The molecule has 0 aliphatic rings. The van der Waals surface area contributed by atoms with Gasteiger partial charge in [0.15, 0.2) is 0 Å². The van der Waals surface area contributed by atoms with Crippen molar-refractivity contribution >= 4 is 28.3 Å². The van der Waals surface area contributed by atoms with Crippen LogP contribution in [-0.4, -0.2) is 23.6 Å². The van der Waals surface area contributed by atoms with Crippen LogP contribution in [0.1, 0.15) is 16.1 Å². The Kier molecular flexibility index (Phi) is 4.04. The second-order valence-electron chi connectivity index (χ2n) is 4.61. The maximum atomic E-state index is 13.2. The molecule has 0 saturated heterocycles. The molecule has 2 aromatic rings. The maximum absolute atomic E-state index is 13.2. The number of alkyl halides is 6. The van der Waals surface area contributed by atoms with Gasteiger partial charge in [-0.3, -0.25) is 4.79 Å². The van der Waals surface area contributed by atoms with Crippen LogP contribution in [0.15, 0.2) is 12.1 Å². The summed E-state index contributed by atoms with van der Waals surface area (Å²) in [6.45, 7) is 0. The molecule has 0 radical (unpaired) electrons. The molecule has 2 rings (SSSR count). The Morgan fingerprint density at radius 2 is 1.74 bits per heavy atom. The summed E-state index contributed by atoms with van der Waals surface area (Å²) in [5.41, 5.74) is -3.44. The molecular weight excluding hydrogens is 352 g/mol. The van der Waals surface area contributed by atoms with Crippen LogP contribution < -0.4 is 4.74 Å². The van der Waals surface area contributed by atoms with E-state index in [1.807, 2.05) is 0 Å². The minimum Gasteiger partial charge on any atom is -0.495 e. The first-order valence-corrected chi connectivity index (χ1v) is 6.32. The number of hydrogen-bond acceptors (Lipinski definition) is 2. The van der Waals surface area contributed by atoms with Crippen LogP contribution in [0, 0.1) is 0 Å². The van der Waals surface area contributed by atoms with Crippen LogP contribution in [-0.2, 0) is 13.2 Å². The van der Waals surface area contributed by atoms with Crippen LogP contribution >= 0.6 is 11.6 Å². The summed E-state index contributed by atoms with van der Waals surface area (Å²) in [7, 11) is 2.05. The molecule has 1 aromatic heterocycles. The first-order valence-electron chi connectivity index (χ1n) is 5.94. The number of ketones is 1. The number of benzene rings is 1. The van der Waals surface area contributed by atoms with Gasteiger partial charge in [0.05, 0.1) is 23.2 Å². The third-order valence-electron chi connectivity index (χ3n) is 3.23. The Morgan fingerprint density at radius 1 is 1.17 bits per heavy atom. The second kappa shape index (κ2) is 5.33. The van der Waals surface area contributed by atoms with Gasteiger partial charge >= 0.3 is 12.4 Å². The summed E-state index contributed by atoms with van der Waals surface area (Å²) in [4.78, 5) is 11.5. The van der Waals surface area contributed by atoms with E-state index < -0.39 is 34.8 Å². The number of rotatable bonds is 2. The van der Waals surface area contributed by atoms with E-state index in [2.05, 4.69) is 0 Å². The molecule has 0 aliphatic carbocycles. The van der Waals surface area contributed by atoms with Gasteiger partial charge in [0.2, 0.25) is 0 Å². The number of halogens is 7. The average Bonchev–Trinajstić information content (AvgIpc) is 2.68. The molecule has 10 heteroatoms. The van der Waals surface area contributed by atoms with Crippen molar-refractivity contribution in [2.24, 2.45) is 7.05 Å². The number of ether oxygens (including phenoxy) is 1. The van der Waals surface area contributed by atoms with Crippen LogP contribution in [0.2, 0.25) is 5.02 Å². The first-order chi connectivity index (χ1) is 10.4. The molecule has 0 aliphatic heterocycles. The summed E-state index contributed by atoms with van der Waals surface area (Å²) in [6.07, 6.45) is -10.6. The standard InChI is InChI=1S/C13H8ClF6NO2/c1-21-7-4-6(14)8(23-2)3-5(7)9(10(21)12(15,16)17)11(22)13(18,19)20/h3-4H,1-2H3. The molecule has 0 fully saturated rings. The molecule has 0 unspecified atom stereocenters. The first kappa shape index (κ1) is 17.5. The third kappa shape index (κ3) is 2.85. The van der Waals surface area contributed by atoms with Crippen LogP contribution in [0.3, 0.4) is 0 Å². The van der Waals surface area contributed by atoms with Crippen LogP contribution in [0.4, 0.5) is 26.3 Å². The number of carbonyl (C=O) groups excluding carboxylic acids is 1. The number of carbonyl (C=O) groups is 1. The zero-order valence-corrected chi connectivity index (χ0v) is 12.3. The monoisotopic (exact) mass is 359 g/mol. The Morgan fingerprint density at radius 3 is 2.17 bits per heavy atom. The van der Waals surface area contributed by atoms with Gasteiger partial charge in [0.25, 0.3) is 5.78 Å². The number of fused-ring (bicyclic) bond motifs is 1. The quantitative estimate of drug-likeness (QED) is 0.579. The van der Waals surface area contributed by atoms with E-state index in [4.69, 9.17) is 16.3 Å². The minimum absolute atomic E-state index is 0.0969. The highest BCUT2D eigenvalue weighted by Crippen LogP contribution is 2.42. The largest absolute Gasteiger partial charge is 0.495 e. The molecule has 3 nitrogen and oxygen atoms in total. The summed E-state index contributed by atoms with van der Waals surface area (Å²) in [5, 5.41) is -0.635. The molecule has 0 amide bonds. The van der Waals surface area contributed by atoms with Gasteiger partial charge in [-0.1, -0.05) is 11.6 Å². The number of Topliss-reactive ketones (excluding diaryl/α,β-unsaturated/α-hetero) is 1. The fourth-order valence-electron chi connectivity index (χ4n) is 2.30. The predicted molar refractivity (Wildman–Crippen MR) is 69.9 cm³/mol. The summed E-state index contributed by atoms with van der Waals surface area (Å²) in [5.74, 6) is -2.73. The van der Waals surface area contributed by atoms with Gasteiger partial charge < -0.3 is 9.30 Å². The van der Waals surface area contributed by atoms with E-state index in [0.29, 0.717) is 4.57 Å². The Balaban J connectivity index is 2.98. The number of aryl methyl sites for hydroxylation is 1. The summed E-state index contributed by atoms with van der Waals surface area (Å²) in [6, 6.07) is 1.89. The van der Waals surface area contributed by atoms with Crippen LogP contribution in [0.5, 0.6) is 5.75 Å². The highest BCUT2D eigenvalue weighted by atomic mass is 35.5. The van der Waals surface area contributed by atoms with E-state index in [1.54, 1.807) is 0 Å². The van der Waals surface area contributed by atoms with Gasteiger partial charge in [-0.2, -0.15) is 26.3 Å². The van der Waals surface area contributed by atoms with E-state index in [1.165, 1.54) is 0 Å². The Bertz CT molecular complexity index is 791.